The molecule has 0 heterocycles. The van der Waals surface area contributed by atoms with Crippen LogP contribution in [0.2, 0.25) is 0 Å². The number of carboxylic acids is 1. The number of rotatable bonds is 6. The van der Waals surface area contributed by atoms with Crippen molar-refractivity contribution in [3.63, 3.8) is 0 Å². The summed E-state index contributed by atoms with van der Waals surface area (Å²) in [6.07, 6.45) is 1.01. The van der Waals surface area contributed by atoms with Crippen molar-refractivity contribution in [3.8, 4) is 17.2 Å². The van der Waals surface area contributed by atoms with Crippen LogP contribution in [0.4, 0.5) is 0 Å². The molecule has 1 atom stereocenters. The van der Waals surface area contributed by atoms with Gasteiger partial charge in [-0.2, -0.15) is 0 Å². The first-order chi connectivity index (χ1) is 8.63. The summed E-state index contributed by atoms with van der Waals surface area (Å²) in [6, 6.07) is 5.02. The molecular formula is C13H16O5. The quantitative estimate of drug-likeness (QED) is 0.838. The predicted octanol–water partition coefficient (Wildman–Crippen LogP) is 1.95. The van der Waals surface area contributed by atoms with Crippen LogP contribution in [0.3, 0.4) is 0 Å². The van der Waals surface area contributed by atoms with Crippen molar-refractivity contribution in [2.24, 2.45) is 5.92 Å². The molecular weight excluding hydrogens is 236 g/mol. The molecule has 1 N–H and O–H groups in total. The number of methoxy groups -OCH3 is 2. The highest BCUT2D eigenvalue weighted by atomic mass is 16.5. The molecule has 1 fully saturated rings. The molecule has 1 aromatic rings. The number of aliphatic carboxylic acids is 1. The topological polar surface area (TPSA) is 65.0 Å². The first-order valence-electron chi connectivity index (χ1n) is 5.76. The Bertz CT molecular complexity index is 417. The summed E-state index contributed by atoms with van der Waals surface area (Å²) >= 11 is 0. The van der Waals surface area contributed by atoms with Gasteiger partial charge in [0.05, 0.1) is 14.2 Å². The van der Waals surface area contributed by atoms with E-state index in [1.165, 1.54) is 14.2 Å². The number of hydrogen-bond donors (Lipinski definition) is 1. The third-order valence-corrected chi connectivity index (χ3v) is 2.88. The zero-order valence-electron chi connectivity index (χ0n) is 10.4. The summed E-state index contributed by atoms with van der Waals surface area (Å²) in [7, 11) is 3.07. The second-order valence-electron chi connectivity index (χ2n) is 4.26. The van der Waals surface area contributed by atoms with Crippen LogP contribution in [0, 0.1) is 5.92 Å². The van der Waals surface area contributed by atoms with Crippen LogP contribution in [0.25, 0.3) is 0 Å². The molecule has 0 aliphatic heterocycles. The number of benzene rings is 1. The van der Waals surface area contributed by atoms with Crippen molar-refractivity contribution >= 4 is 5.97 Å². The summed E-state index contributed by atoms with van der Waals surface area (Å²) in [5, 5.41) is 9.11. The van der Waals surface area contributed by atoms with Crippen LogP contribution >= 0.6 is 0 Å². The lowest BCUT2D eigenvalue weighted by molar-refractivity contribution is -0.146. The molecule has 1 aromatic carbocycles. The molecule has 0 amide bonds. The van der Waals surface area contributed by atoms with E-state index in [9.17, 15) is 4.79 Å². The lowest BCUT2D eigenvalue weighted by atomic mass is 10.2. The van der Waals surface area contributed by atoms with E-state index >= 15 is 0 Å². The third-order valence-electron chi connectivity index (χ3n) is 2.88. The fraction of sp³-hybridized carbons (Fsp3) is 0.462. The minimum absolute atomic E-state index is 0.111. The second kappa shape index (κ2) is 5.16. The normalized spacial score (nSPS) is 15.9. The average Bonchev–Trinajstić information content (AvgIpc) is 3.19. The van der Waals surface area contributed by atoms with Crippen molar-refractivity contribution in [1.29, 1.82) is 0 Å². The molecule has 5 nitrogen and oxygen atoms in total. The molecule has 0 spiro atoms. The summed E-state index contributed by atoms with van der Waals surface area (Å²) in [6.45, 7) is 0. The fourth-order valence-electron chi connectivity index (χ4n) is 1.74. The van der Waals surface area contributed by atoms with Gasteiger partial charge in [0.1, 0.15) is 17.2 Å². The molecule has 1 saturated carbocycles. The molecule has 98 valence electrons. The van der Waals surface area contributed by atoms with E-state index in [1.54, 1.807) is 18.2 Å². The van der Waals surface area contributed by atoms with E-state index in [2.05, 4.69) is 0 Å². The highest BCUT2D eigenvalue weighted by molar-refractivity contribution is 5.73. The summed E-state index contributed by atoms with van der Waals surface area (Å²) in [5.41, 5.74) is 0. The summed E-state index contributed by atoms with van der Waals surface area (Å²) < 4.78 is 15.7. The van der Waals surface area contributed by atoms with Gasteiger partial charge in [0.2, 0.25) is 0 Å². The van der Waals surface area contributed by atoms with Crippen molar-refractivity contribution in [2.45, 2.75) is 18.9 Å². The van der Waals surface area contributed by atoms with E-state index in [1.807, 2.05) is 0 Å². The zero-order chi connectivity index (χ0) is 13.1. The molecule has 2 rings (SSSR count). The SMILES string of the molecule is COc1cc(OC)cc(OC(C(=O)O)C2CC2)c1. The molecule has 0 bridgehead atoms. The zero-order valence-corrected chi connectivity index (χ0v) is 10.4. The molecule has 0 radical (unpaired) electrons. The van der Waals surface area contributed by atoms with Gasteiger partial charge in [0.15, 0.2) is 6.10 Å². The fourth-order valence-corrected chi connectivity index (χ4v) is 1.74. The molecule has 18 heavy (non-hydrogen) atoms. The molecule has 5 heteroatoms. The maximum Gasteiger partial charge on any atom is 0.345 e. The van der Waals surface area contributed by atoms with Gasteiger partial charge in [-0.3, -0.25) is 0 Å². The van der Waals surface area contributed by atoms with Gasteiger partial charge in [-0.1, -0.05) is 0 Å². The maximum atomic E-state index is 11.1. The Morgan fingerprint density at radius 3 is 2.06 bits per heavy atom. The van der Waals surface area contributed by atoms with Gasteiger partial charge in [-0.05, 0) is 12.8 Å². The van der Waals surface area contributed by atoms with Crippen LogP contribution in [0.1, 0.15) is 12.8 Å². The minimum Gasteiger partial charge on any atom is -0.496 e. The standard InChI is InChI=1S/C13H16O5/c1-16-9-5-10(17-2)7-11(6-9)18-12(13(14)15)8-3-4-8/h5-8,12H,3-4H2,1-2H3,(H,14,15). The molecule has 0 aromatic heterocycles. The van der Waals surface area contributed by atoms with Crippen molar-refractivity contribution < 1.29 is 24.1 Å². The highest BCUT2D eigenvalue weighted by Crippen LogP contribution is 2.36. The van der Waals surface area contributed by atoms with Gasteiger partial charge in [-0.25, -0.2) is 4.79 Å². The van der Waals surface area contributed by atoms with E-state index in [0.717, 1.165) is 12.8 Å². The van der Waals surface area contributed by atoms with Crippen molar-refractivity contribution in [2.75, 3.05) is 14.2 Å². The van der Waals surface area contributed by atoms with Crippen LogP contribution in [-0.2, 0) is 4.79 Å². The number of carbonyl (C=O) groups is 1. The van der Waals surface area contributed by atoms with Crippen molar-refractivity contribution in [1.82, 2.24) is 0 Å². The number of carboxylic acid groups (broad SMARTS) is 1. The smallest absolute Gasteiger partial charge is 0.345 e. The third kappa shape index (κ3) is 2.85. The van der Waals surface area contributed by atoms with Crippen molar-refractivity contribution in [3.05, 3.63) is 18.2 Å². The molecule has 1 unspecified atom stereocenters. The van der Waals surface area contributed by atoms with Crippen LogP contribution < -0.4 is 14.2 Å². The summed E-state index contributed by atoms with van der Waals surface area (Å²) in [4.78, 5) is 11.1. The van der Waals surface area contributed by atoms with E-state index in [-0.39, 0.29) is 5.92 Å². The monoisotopic (exact) mass is 252 g/mol. The second-order valence-corrected chi connectivity index (χ2v) is 4.26. The van der Waals surface area contributed by atoms with Gasteiger partial charge in [0.25, 0.3) is 0 Å². The van der Waals surface area contributed by atoms with E-state index in [0.29, 0.717) is 17.2 Å². The van der Waals surface area contributed by atoms with Gasteiger partial charge >= 0.3 is 5.97 Å². The first kappa shape index (κ1) is 12.5. The lowest BCUT2D eigenvalue weighted by Gasteiger charge is -2.15. The summed E-state index contributed by atoms with van der Waals surface area (Å²) in [5.74, 6) is 0.776. The van der Waals surface area contributed by atoms with E-state index in [4.69, 9.17) is 19.3 Å². The van der Waals surface area contributed by atoms with Gasteiger partial charge < -0.3 is 19.3 Å². The lowest BCUT2D eigenvalue weighted by Crippen LogP contribution is -2.29. The Morgan fingerprint density at radius 1 is 1.17 bits per heavy atom. The largest absolute Gasteiger partial charge is 0.496 e. The Kier molecular flexibility index (Phi) is 3.60. The Balaban J connectivity index is 2.18. The van der Waals surface area contributed by atoms with Gasteiger partial charge in [-0.15, -0.1) is 0 Å². The van der Waals surface area contributed by atoms with E-state index < -0.39 is 12.1 Å². The van der Waals surface area contributed by atoms with Crippen LogP contribution in [0.15, 0.2) is 18.2 Å². The molecule has 0 saturated heterocycles. The number of hydrogen-bond acceptors (Lipinski definition) is 4. The van der Waals surface area contributed by atoms with Crippen LogP contribution in [0.5, 0.6) is 17.2 Å². The minimum atomic E-state index is -0.931. The Morgan fingerprint density at radius 2 is 1.67 bits per heavy atom. The first-order valence-corrected chi connectivity index (χ1v) is 5.76. The average molecular weight is 252 g/mol. The molecule has 1 aliphatic carbocycles. The predicted molar refractivity (Wildman–Crippen MR) is 64.3 cm³/mol. The Labute approximate surface area is 105 Å². The highest BCUT2D eigenvalue weighted by Gasteiger charge is 2.38. The van der Waals surface area contributed by atoms with Crippen LogP contribution in [-0.4, -0.2) is 31.4 Å². The molecule has 1 aliphatic rings. The number of ether oxygens (including phenoxy) is 3. The Hall–Kier alpha value is -1.91. The maximum absolute atomic E-state index is 11.1. The van der Waals surface area contributed by atoms with Gasteiger partial charge in [0, 0.05) is 24.1 Å².